The number of aliphatic imine (C=N–C) groups is 1. The van der Waals surface area contributed by atoms with Gasteiger partial charge in [0, 0.05) is 11.2 Å². The molecular weight excluding hydrogens is 278 g/mol. The van der Waals surface area contributed by atoms with Crippen molar-refractivity contribution in [3.05, 3.63) is 59.1 Å². The Morgan fingerprint density at radius 2 is 1.80 bits per heavy atom. The van der Waals surface area contributed by atoms with Gasteiger partial charge in [-0.1, -0.05) is 11.6 Å². The monoisotopic (exact) mass is 289 g/mol. The van der Waals surface area contributed by atoms with Crippen molar-refractivity contribution in [3.8, 4) is 5.75 Å². The minimum atomic E-state index is -1.00. The Morgan fingerprint density at radius 1 is 1.15 bits per heavy atom. The van der Waals surface area contributed by atoms with Crippen LogP contribution in [0.15, 0.2) is 53.5 Å². The van der Waals surface area contributed by atoms with Crippen molar-refractivity contribution in [1.29, 1.82) is 0 Å². The molecule has 0 amide bonds. The molecule has 0 saturated heterocycles. The van der Waals surface area contributed by atoms with E-state index in [2.05, 4.69) is 4.99 Å². The van der Waals surface area contributed by atoms with E-state index in [0.717, 1.165) is 11.3 Å². The Balaban J connectivity index is 1.99. The molecule has 2 rings (SSSR count). The first-order chi connectivity index (χ1) is 9.63. The number of hydrogen-bond donors (Lipinski definition) is 1. The summed E-state index contributed by atoms with van der Waals surface area (Å²) >= 11 is 5.79. The Hall–Kier alpha value is -2.33. The number of rotatable bonds is 5. The van der Waals surface area contributed by atoms with Gasteiger partial charge in [0.2, 0.25) is 0 Å². The Morgan fingerprint density at radius 3 is 2.40 bits per heavy atom. The van der Waals surface area contributed by atoms with Crippen molar-refractivity contribution in [3.63, 3.8) is 0 Å². The molecule has 0 heterocycles. The number of ether oxygens (including phenoxy) is 1. The summed E-state index contributed by atoms with van der Waals surface area (Å²) in [7, 11) is 0. The van der Waals surface area contributed by atoms with Gasteiger partial charge in [-0.2, -0.15) is 0 Å². The van der Waals surface area contributed by atoms with Gasteiger partial charge < -0.3 is 9.84 Å². The molecule has 0 aromatic heterocycles. The SMILES string of the molecule is O=C(O)COc1ccc(/C=N/c2ccc(Cl)cc2)cc1. The molecule has 0 saturated carbocycles. The molecule has 2 aromatic carbocycles. The van der Waals surface area contributed by atoms with E-state index in [1.807, 2.05) is 12.1 Å². The number of carboxylic acids is 1. The van der Waals surface area contributed by atoms with E-state index in [1.54, 1.807) is 42.6 Å². The molecule has 0 fully saturated rings. The van der Waals surface area contributed by atoms with Crippen LogP contribution in [0.1, 0.15) is 5.56 Å². The third-order valence-corrected chi connectivity index (χ3v) is 2.68. The summed E-state index contributed by atoms with van der Waals surface area (Å²) in [6, 6.07) is 14.2. The highest BCUT2D eigenvalue weighted by molar-refractivity contribution is 6.30. The van der Waals surface area contributed by atoms with Crippen LogP contribution in [0.25, 0.3) is 0 Å². The predicted molar refractivity (Wildman–Crippen MR) is 78.3 cm³/mol. The molecule has 0 aliphatic rings. The van der Waals surface area contributed by atoms with Crippen LogP contribution in [0.5, 0.6) is 5.75 Å². The van der Waals surface area contributed by atoms with Gasteiger partial charge in [-0.15, -0.1) is 0 Å². The van der Waals surface area contributed by atoms with Crippen molar-refractivity contribution >= 4 is 29.5 Å². The second-order valence-electron chi connectivity index (χ2n) is 3.99. The number of carbonyl (C=O) groups is 1. The van der Waals surface area contributed by atoms with Gasteiger partial charge in [0.25, 0.3) is 0 Å². The van der Waals surface area contributed by atoms with Gasteiger partial charge >= 0.3 is 5.97 Å². The van der Waals surface area contributed by atoms with Crippen molar-refractivity contribution in [2.75, 3.05) is 6.61 Å². The summed E-state index contributed by atoms with van der Waals surface area (Å²) in [5, 5.41) is 9.17. The zero-order chi connectivity index (χ0) is 14.4. The fourth-order valence-corrected chi connectivity index (χ4v) is 1.60. The molecule has 0 radical (unpaired) electrons. The fraction of sp³-hybridized carbons (Fsp3) is 0.0667. The highest BCUT2D eigenvalue weighted by Crippen LogP contribution is 2.16. The van der Waals surface area contributed by atoms with E-state index in [4.69, 9.17) is 21.4 Å². The minimum absolute atomic E-state index is 0.349. The first-order valence-corrected chi connectivity index (χ1v) is 6.25. The normalized spacial score (nSPS) is 10.7. The minimum Gasteiger partial charge on any atom is -0.482 e. The zero-order valence-corrected chi connectivity index (χ0v) is 11.2. The second kappa shape index (κ2) is 6.73. The standard InChI is InChI=1S/C15H12ClNO3/c16-12-3-5-13(6-4-12)17-9-11-1-7-14(8-2-11)20-10-15(18)19/h1-9H,10H2,(H,18,19)/b17-9+. The summed E-state index contributed by atoms with van der Waals surface area (Å²) in [5.74, 6) is -0.491. The van der Waals surface area contributed by atoms with E-state index in [-0.39, 0.29) is 6.61 Å². The lowest BCUT2D eigenvalue weighted by atomic mass is 10.2. The maximum Gasteiger partial charge on any atom is 0.341 e. The first-order valence-electron chi connectivity index (χ1n) is 5.88. The van der Waals surface area contributed by atoms with Crippen molar-refractivity contribution in [1.82, 2.24) is 0 Å². The Kier molecular flexibility index (Phi) is 4.74. The van der Waals surface area contributed by atoms with Crippen LogP contribution < -0.4 is 4.74 Å². The predicted octanol–water partition coefficient (Wildman–Crippen LogP) is 3.55. The van der Waals surface area contributed by atoms with E-state index < -0.39 is 5.97 Å². The largest absolute Gasteiger partial charge is 0.482 e. The summed E-state index contributed by atoms with van der Waals surface area (Å²) in [4.78, 5) is 14.7. The molecule has 0 spiro atoms. The summed E-state index contributed by atoms with van der Waals surface area (Å²) in [6.45, 7) is -0.349. The van der Waals surface area contributed by atoms with Crippen LogP contribution in [-0.2, 0) is 4.79 Å². The molecule has 0 atom stereocenters. The Bertz CT molecular complexity index is 606. The molecule has 102 valence electrons. The number of halogens is 1. The van der Waals surface area contributed by atoms with Gasteiger partial charge in [0.05, 0.1) is 5.69 Å². The summed E-state index contributed by atoms with van der Waals surface area (Å²) in [6.07, 6.45) is 1.71. The molecule has 0 bridgehead atoms. The average Bonchev–Trinajstić information content (AvgIpc) is 2.45. The number of hydrogen-bond acceptors (Lipinski definition) is 3. The third kappa shape index (κ3) is 4.40. The van der Waals surface area contributed by atoms with E-state index >= 15 is 0 Å². The molecule has 0 unspecified atom stereocenters. The number of nitrogens with zero attached hydrogens (tertiary/aromatic N) is 1. The van der Waals surface area contributed by atoms with E-state index in [9.17, 15) is 4.79 Å². The van der Waals surface area contributed by atoms with Crippen LogP contribution in [-0.4, -0.2) is 23.9 Å². The smallest absolute Gasteiger partial charge is 0.341 e. The number of carboxylic acid groups (broad SMARTS) is 1. The molecule has 1 N–H and O–H groups in total. The van der Waals surface area contributed by atoms with Gasteiger partial charge in [0.1, 0.15) is 5.75 Å². The topological polar surface area (TPSA) is 58.9 Å². The molecule has 20 heavy (non-hydrogen) atoms. The number of aliphatic carboxylic acids is 1. The molecule has 5 heteroatoms. The van der Waals surface area contributed by atoms with Crippen LogP contribution in [0.2, 0.25) is 5.02 Å². The quantitative estimate of drug-likeness (QED) is 0.856. The molecule has 0 aliphatic heterocycles. The zero-order valence-electron chi connectivity index (χ0n) is 10.5. The van der Waals surface area contributed by atoms with Gasteiger partial charge in [-0.3, -0.25) is 4.99 Å². The Labute approximate surface area is 121 Å². The first kappa shape index (κ1) is 14.1. The van der Waals surface area contributed by atoms with Crippen LogP contribution in [0.3, 0.4) is 0 Å². The van der Waals surface area contributed by atoms with Crippen molar-refractivity contribution in [2.45, 2.75) is 0 Å². The summed E-state index contributed by atoms with van der Waals surface area (Å²) < 4.78 is 5.04. The maximum absolute atomic E-state index is 10.4. The highest BCUT2D eigenvalue weighted by Gasteiger charge is 1.98. The van der Waals surface area contributed by atoms with E-state index in [0.29, 0.717) is 10.8 Å². The van der Waals surface area contributed by atoms with Crippen LogP contribution in [0.4, 0.5) is 5.69 Å². The van der Waals surface area contributed by atoms with E-state index in [1.165, 1.54) is 0 Å². The maximum atomic E-state index is 10.4. The molecular formula is C15H12ClNO3. The lowest BCUT2D eigenvalue weighted by Gasteiger charge is -2.02. The second-order valence-corrected chi connectivity index (χ2v) is 4.42. The lowest BCUT2D eigenvalue weighted by Crippen LogP contribution is -2.09. The van der Waals surface area contributed by atoms with Gasteiger partial charge in [-0.05, 0) is 54.1 Å². The molecule has 2 aromatic rings. The van der Waals surface area contributed by atoms with Crippen molar-refractivity contribution in [2.24, 2.45) is 4.99 Å². The molecule has 0 aliphatic carbocycles. The lowest BCUT2D eigenvalue weighted by molar-refractivity contribution is -0.139. The molecule has 4 nitrogen and oxygen atoms in total. The third-order valence-electron chi connectivity index (χ3n) is 2.43. The van der Waals surface area contributed by atoms with Gasteiger partial charge in [0.15, 0.2) is 6.61 Å². The highest BCUT2D eigenvalue weighted by atomic mass is 35.5. The van der Waals surface area contributed by atoms with Crippen LogP contribution >= 0.6 is 11.6 Å². The van der Waals surface area contributed by atoms with Crippen LogP contribution in [0, 0.1) is 0 Å². The number of benzene rings is 2. The summed E-state index contributed by atoms with van der Waals surface area (Å²) in [5.41, 5.74) is 1.70. The van der Waals surface area contributed by atoms with Gasteiger partial charge in [-0.25, -0.2) is 4.79 Å². The van der Waals surface area contributed by atoms with Crippen molar-refractivity contribution < 1.29 is 14.6 Å². The fourth-order valence-electron chi connectivity index (χ4n) is 1.47. The average molecular weight is 290 g/mol.